The summed E-state index contributed by atoms with van der Waals surface area (Å²) in [6, 6.07) is 7.80. The molecule has 4 rings (SSSR count). The molecule has 0 saturated carbocycles. The Morgan fingerprint density at radius 1 is 1.26 bits per heavy atom. The number of nitrogens with zero attached hydrogens (tertiary/aromatic N) is 3. The number of aromatic nitrogens is 2. The molecule has 9 heteroatoms. The van der Waals surface area contributed by atoms with Crippen LogP contribution in [0.15, 0.2) is 29.1 Å². The van der Waals surface area contributed by atoms with Crippen molar-refractivity contribution in [1.29, 1.82) is 0 Å². The molecule has 1 fully saturated rings. The Bertz CT molecular complexity index is 1170. The van der Waals surface area contributed by atoms with Gasteiger partial charge in [-0.2, -0.15) is 0 Å². The topological polar surface area (TPSA) is 69.3 Å². The Morgan fingerprint density at radius 3 is 2.68 bits per heavy atom. The second kappa shape index (κ2) is 9.22. The van der Waals surface area contributed by atoms with Crippen LogP contribution < -0.4 is 10.5 Å². The number of nitrogens with one attached hydrogen (secondary N) is 1. The molecule has 1 amide bonds. The average molecular weight is 477 g/mol. The normalized spacial score (nSPS) is 15.5. The Balaban J connectivity index is 1.35. The van der Waals surface area contributed by atoms with Crippen LogP contribution >= 0.6 is 34.7 Å². The van der Waals surface area contributed by atoms with Crippen molar-refractivity contribution in [2.75, 3.05) is 31.1 Å². The van der Waals surface area contributed by atoms with Crippen molar-refractivity contribution in [2.45, 2.75) is 31.8 Å². The monoisotopic (exact) mass is 476 g/mol. The van der Waals surface area contributed by atoms with Crippen LogP contribution in [0.5, 0.6) is 0 Å². The summed E-state index contributed by atoms with van der Waals surface area (Å²) in [5.41, 5.74) is 1.91. The Hall–Kier alpha value is -2.03. The van der Waals surface area contributed by atoms with Gasteiger partial charge >= 0.3 is 0 Å². The molecule has 0 aliphatic carbocycles. The number of H-pyrrole nitrogens is 1. The highest BCUT2D eigenvalue weighted by Crippen LogP contribution is 2.28. The summed E-state index contributed by atoms with van der Waals surface area (Å²) < 4.78 is 0. The Morgan fingerprint density at radius 2 is 1.97 bits per heavy atom. The number of piperazine rings is 1. The number of carbonyl (C=O) groups is 1. The molecule has 1 N–H and O–H groups in total. The van der Waals surface area contributed by atoms with Crippen LogP contribution in [0.25, 0.3) is 10.2 Å². The molecule has 1 aliphatic rings. The van der Waals surface area contributed by atoms with E-state index < -0.39 is 0 Å². The van der Waals surface area contributed by atoms with Crippen LogP contribution in [-0.2, 0) is 10.5 Å². The number of fused-ring (bicyclic) bond motifs is 1. The maximum absolute atomic E-state index is 12.9. The van der Waals surface area contributed by atoms with Gasteiger partial charge in [0.1, 0.15) is 10.7 Å². The Kier molecular flexibility index (Phi) is 6.60. The van der Waals surface area contributed by atoms with Crippen LogP contribution in [0.3, 0.4) is 0 Å². The number of aryl methyl sites for hydroxylation is 2. The second-order valence-corrected chi connectivity index (χ2v) is 10.6. The van der Waals surface area contributed by atoms with Crippen molar-refractivity contribution < 1.29 is 4.79 Å². The van der Waals surface area contributed by atoms with Gasteiger partial charge in [-0.3, -0.25) is 9.59 Å². The third-order valence-electron chi connectivity index (χ3n) is 5.69. The zero-order valence-corrected chi connectivity index (χ0v) is 20.2. The summed E-state index contributed by atoms with van der Waals surface area (Å²) in [5, 5.41) is 1.21. The van der Waals surface area contributed by atoms with Crippen LogP contribution in [0, 0.1) is 13.8 Å². The minimum Gasteiger partial charge on any atom is -0.367 e. The molecule has 1 atom stereocenters. The number of thioether (sulfide) groups is 1. The minimum absolute atomic E-state index is 0.0999. The SMILES string of the molecule is Cc1sc2nc(CSC(C)C(=O)N3CCN(c4ccccc4Cl)CC3)[nH]c(=O)c2c1C. The van der Waals surface area contributed by atoms with E-state index in [0.29, 0.717) is 30.1 Å². The summed E-state index contributed by atoms with van der Waals surface area (Å²) >= 11 is 9.35. The quantitative estimate of drug-likeness (QED) is 0.597. The fourth-order valence-electron chi connectivity index (χ4n) is 3.78. The molecular formula is C22H25ClN4O2S2. The molecule has 3 heterocycles. The fraction of sp³-hybridized carbons (Fsp3) is 0.409. The molecule has 0 bridgehead atoms. The van der Waals surface area contributed by atoms with E-state index in [0.717, 1.165) is 39.1 Å². The van der Waals surface area contributed by atoms with E-state index in [-0.39, 0.29) is 16.7 Å². The van der Waals surface area contributed by atoms with Crippen molar-refractivity contribution >= 4 is 56.5 Å². The molecule has 6 nitrogen and oxygen atoms in total. The summed E-state index contributed by atoms with van der Waals surface area (Å²) in [6.45, 7) is 8.73. The molecule has 1 aromatic carbocycles. The first-order valence-electron chi connectivity index (χ1n) is 10.2. The smallest absolute Gasteiger partial charge is 0.259 e. The van der Waals surface area contributed by atoms with Crippen molar-refractivity contribution in [2.24, 2.45) is 0 Å². The molecule has 31 heavy (non-hydrogen) atoms. The van der Waals surface area contributed by atoms with Crippen molar-refractivity contribution in [3.05, 3.63) is 55.9 Å². The van der Waals surface area contributed by atoms with Gasteiger partial charge in [0.25, 0.3) is 5.56 Å². The fourth-order valence-corrected chi connectivity index (χ4v) is 5.92. The largest absolute Gasteiger partial charge is 0.367 e. The third kappa shape index (κ3) is 4.61. The van der Waals surface area contributed by atoms with Crippen molar-refractivity contribution in [1.82, 2.24) is 14.9 Å². The van der Waals surface area contributed by atoms with Gasteiger partial charge in [-0.05, 0) is 38.5 Å². The van der Waals surface area contributed by atoms with Gasteiger partial charge in [-0.25, -0.2) is 4.98 Å². The molecule has 3 aromatic rings. The highest BCUT2D eigenvalue weighted by atomic mass is 35.5. The lowest BCUT2D eigenvalue weighted by atomic mass is 10.2. The van der Waals surface area contributed by atoms with Gasteiger partial charge in [0.05, 0.1) is 27.1 Å². The number of hydrogen-bond donors (Lipinski definition) is 1. The highest BCUT2D eigenvalue weighted by Gasteiger charge is 2.26. The van der Waals surface area contributed by atoms with E-state index in [1.54, 1.807) is 11.3 Å². The number of hydrogen-bond acceptors (Lipinski definition) is 6. The zero-order valence-electron chi connectivity index (χ0n) is 17.8. The maximum Gasteiger partial charge on any atom is 0.259 e. The second-order valence-electron chi connectivity index (χ2n) is 7.69. The number of rotatable bonds is 5. The van der Waals surface area contributed by atoms with Crippen molar-refractivity contribution in [3.8, 4) is 0 Å². The summed E-state index contributed by atoms with van der Waals surface area (Å²) in [6.07, 6.45) is 0. The van der Waals surface area contributed by atoms with E-state index in [9.17, 15) is 9.59 Å². The van der Waals surface area contributed by atoms with E-state index in [1.807, 2.05) is 49.9 Å². The van der Waals surface area contributed by atoms with E-state index in [2.05, 4.69) is 14.9 Å². The van der Waals surface area contributed by atoms with Crippen molar-refractivity contribution in [3.63, 3.8) is 0 Å². The predicted octanol–water partition coefficient (Wildman–Crippen LogP) is 4.23. The number of carbonyl (C=O) groups excluding carboxylic acids is 1. The van der Waals surface area contributed by atoms with Gasteiger partial charge in [-0.1, -0.05) is 23.7 Å². The first kappa shape index (κ1) is 22.2. The molecule has 2 aromatic heterocycles. The molecule has 1 saturated heterocycles. The first-order chi connectivity index (χ1) is 14.8. The van der Waals surface area contributed by atoms with Crippen LogP contribution in [0.1, 0.15) is 23.2 Å². The van der Waals surface area contributed by atoms with Gasteiger partial charge in [0.15, 0.2) is 0 Å². The standard InChI is InChI=1S/C22H25ClN4O2S2/c1-13-14(2)31-21-19(13)20(28)24-18(25-21)12-30-15(3)22(29)27-10-8-26(9-11-27)17-7-5-4-6-16(17)23/h4-7,15H,8-12H2,1-3H3,(H,24,25,28). The predicted molar refractivity (Wildman–Crippen MR) is 131 cm³/mol. The van der Waals surface area contributed by atoms with Gasteiger partial charge in [-0.15, -0.1) is 23.1 Å². The van der Waals surface area contributed by atoms with Gasteiger partial charge in [0.2, 0.25) is 5.91 Å². The maximum atomic E-state index is 12.9. The summed E-state index contributed by atoms with van der Waals surface area (Å²) in [4.78, 5) is 38.9. The third-order valence-corrected chi connectivity index (χ3v) is 8.25. The number of aromatic amines is 1. The lowest BCUT2D eigenvalue weighted by Gasteiger charge is -2.37. The molecule has 0 radical (unpaired) electrons. The van der Waals surface area contributed by atoms with Gasteiger partial charge < -0.3 is 14.8 Å². The summed E-state index contributed by atoms with van der Waals surface area (Å²) in [7, 11) is 0. The molecule has 0 spiro atoms. The van der Waals surface area contributed by atoms with Gasteiger partial charge in [0, 0.05) is 31.1 Å². The minimum atomic E-state index is -0.209. The zero-order chi connectivity index (χ0) is 22.1. The van der Waals surface area contributed by atoms with Crippen LogP contribution in [0.2, 0.25) is 5.02 Å². The lowest BCUT2D eigenvalue weighted by molar-refractivity contribution is -0.130. The number of para-hydroxylation sites is 1. The van der Waals surface area contributed by atoms with E-state index in [4.69, 9.17) is 11.6 Å². The van der Waals surface area contributed by atoms with E-state index in [1.165, 1.54) is 11.8 Å². The average Bonchev–Trinajstić information content (AvgIpc) is 3.06. The number of thiophene rings is 1. The molecule has 1 aliphatic heterocycles. The number of anilines is 1. The van der Waals surface area contributed by atoms with E-state index >= 15 is 0 Å². The molecule has 1 unspecified atom stereocenters. The van der Waals surface area contributed by atoms with Crippen LogP contribution in [0.4, 0.5) is 5.69 Å². The first-order valence-corrected chi connectivity index (χ1v) is 12.5. The number of amides is 1. The van der Waals surface area contributed by atoms with Crippen LogP contribution in [-0.4, -0.2) is 52.2 Å². The lowest BCUT2D eigenvalue weighted by Crippen LogP contribution is -2.50. The highest BCUT2D eigenvalue weighted by molar-refractivity contribution is 7.99. The molecular weight excluding hydrogens is 452 g/mol. The number of benzene rings is 1. The number of halogens is 1. The molecule has 164 valence electrons. The summed E-state index contributed by atoms with van der Waals surface area (Å²) in [5.74, 6) is 1.23. The Labute approximate surface area is 194 Å².